The quantitative estimate of drug-likeness (QED) is 0.867. The van der Waals surface area contributed by atoms with Crippen LogP contribution in [0.2, 0.25) is 10.0 Å². The summed E-state index contributed by atoms with van der Waals surface area (Å²) in [6.45, 7) is 1.91. The van der Waals surface area contributed by atoms with E-state index < -0.39 is 0 Å². The van der Waals surface area contributed by atoms with Gasteiger partial charge in [0.1, 0.15) is 5.78 Å². The van der Waals surface area contributed by atoms with E-state index in [4.69, 9.17) is 23.2 Å². The number of Topliss-reactive ketones (excluding diaryl/α,β-unsaturated/α-hetero) is 1. The number of carbonyl (C=O) groups excluding carboxylic acids is 1. The SMILES string of the molecule is Cc1cc(CC(=O)Cc2ccc(Cl)c(Cl)c2)n(C)n1. The Bertz CT molecular complexity index is 620. The molecule has 1 aromatic heterocycles. The molecule has 100 valence electrons. The molecule has 0 unspecified atom stereocenters. The van der Waals surface area contributed by atoms with E-state index >= 15 is 0 Å². The molecule has 3 nitrogen and oxygen atoms in total. The summed E-state index contributed by atoms with van der Waals surface area (Å²) < 4.78 is 1.74. The molecule has 0 spiro atoms. The van der Waals surface area contributed by atoms with E-state index in [1.54, 1.807) is 16.8 Å². The van der Waals surface area contributed by atoms with Crippen LogP contribution in [0.25, 0.3) is 0 Å². The maximum atomic E-state index is 12.0. The lowest BCUT2D eigenvalue weighted by Gasteiger charge is -2.04. The standard InChI is InChI=1S/C14H14Cl2N2O/c1-9-5-11(18(2)17-9)8-12(19)6-10-3-4-13(15)14(16)7-10/h3-5,7H,6,8H2,1-2H3. The minimum atomic E-state index is 0.126. The fourth-order valence-corrected chi connectivity index (χ4v) is 2.29. The zero-order valence-corrected chi connectivity index (χ0v) is 12.3. The molecule has 0 amide bonds. The number of nitrogens with zero attached hydrogens (tertiary/aromatic N) is 2. The molecule has 0 aliphatic rings. The molecular weight excluding hydrogens is 283 g/mol. The number of benzene rings is 1. The van der Waals surface area contributed by atoms with Crippen molar-refractivity contribution in [3.05, 3.63) is 51.3 Å². The van der Waals surface area contributed by atoms with Crippen LogP contribution >= 0.6 is 23.2 Å². The predicted molar refractivity (Wildman–Crippen MR) is 76.8 cm³/mol. The first-order valence-corrected chi connectivity index (χ1v) is 6.66. The minimum absolute atomic E-state index is 0.126. The van der Waals surface area contributed by atoms with Crippen molar-refractivity contribution < 1.29 is 4.79 Å². The van der Waals surface area contributed by atoms with Crippen LogP contribution in [0, 0.1) is 6.92 Å². The summed E-state index contributed by atoms with van der Waals surface area (Å²) in [5.74, 6) is 0.126. The number of carbonyl (C=O) groups is 1. The maximum Gasteiger partial charge on any atom is 0.143 e. The molecule has 0 saturated heterocycles. The highest BCUT2D eigenvalue weighted by atomic mass is 35.5. The molecule has 2 aromatic rings. The zero-order valence-electron chi connectivity index (χ0n) is 10.8. The van der Waals surface area contributed by atoms with E-state index in [-0.39, 0.29) is 5.78 Å². The number of hydrogen-bond donors (Lipinski definition) is 0. The lowest BCUT2D eigenvalue weighted by molar-refractivity contribution is -0.117. The smallest absolute Gasteiger partial charge is 0.143 e. The summed E-state index contributed by atoms with van der Waals surface area (Å²) >= 11 is 11.8. The van der Waals surface area contributed by atoms with E-state index in [0.717, 1.165) is 17.0 Å². The second-order valence-electron chi connectivity index (χ2n) is 4.54. The average molecular weight is 297 g/mol. The molecule has 1 heterocycles. The van der Waals surface area contributed by atoms with Crippen molar-refractivity contribution in [2.75, 3.05) is 0 Å². The monoisotopic (exact) mass is 296 g/mol. The Hall–Kier alpha value is -1.32. The number of aromatic nitrogens is 2. The molecule has 0 bridgehead atoms. The lowest BCUT2D eigenvalue weighted by Crippen LogP contribution is -2.10. The van der Waals surface area contributed by atoms with Gasteiger partial charge < -0.3 is 0 Å². The molecule has 0 radical (unpaired) electrons. The van der Waals surface area contributed by atoms with Gasteiger partial charge in [-0.1, -0.05) is 29.3 Å². The van der Waals surface area contributed by atoms with Gasteiger partial charge in [-0.05, 0) is 30.7 Å². The number of hydrogen-bond acceptors (Lipinski definition) is 2. The molecule has 5 heteroatoms. The van der Waals surface area contributed by atoms with Gasteiger partial charge in [-0.15, -0.1) is 0 Å². The van der Waals surface area contributed by atoms with Gasteiger partial charge in [0.2, 0.25) is 0 Å². The normalized spacial score (nSPS) is 10.7. The first-order chi connectivity index (χ1) is 8.95. The molecule has 0 saturated carbocycles. The fourth-order valence-electron chi connectivity index (χ4n) is 1.97. The van der Waals surface area contributed by atoms with Crippen LogP contribution in [0.1, 0.15) is 17.0 Å². The van der Waals surface area contributed by atoms with Gasteiger partial charge in [-0.3, -0.25) is 9.48 Å². The van der Waals surface area contributed by atoms with Crippen molar-refractivity contribution >= 4 is 29.0 Å². The summed E-state index contributed by atoms with van der Waals surface area (Å²) in [5.41, 5.74) is 2.71. The Kier molecular flexibility index (Phi) is 4.27. The van der Waals surface area contributed by atoms with E-state index in [1.165, 1.54) is 0 Å². The minimum Gasteiger partial charge on any atom is -0.299 e. The van der Waals surface area contributed by atoms with Crippen LogP contribution in [0.4, 0.5) is 0 Å². The summed E-state index contributed by atoms with van der Waals surface area (Å²) in [6.07, 6.45) is 0.721. The van der Waals surface area contributed by atoms with Crippen molar-refractivity contribution in [1.29, 1.82) is 0 Å². The van der Waals surface area contributed by atoms with Crippen LogP contribution in [0.5, 0.6) is 0 Å². The fraction of sp³-hybridized carbons (Fsp3) is 0.286. The largest absolute Gasteiger partial charge is 0.299 e. The van der Waals surface area contributed by atoms with Crippen LogP contribution in [-0.4, -0.2) is 15.6 Å². The number of aryl methyl sites for hydroxylation is 2. The van der Waals surface area contributed by atoms with E-state index in [2.05, 4.69) is 5.10 Å². The number of ketones is 1. The van der Waals surface area contributed by atoms with Crippen molar-refractivity contribution in [3.8, 4) is 0 Å². The third kappa shape index (κ3) is 3.58. The second kappa shape index (κ2) is 5.76. The van der Waals surface area contributed by atoms with Gasteiger partial charge in [-0.25, -0.2) is 0 Å². The summed E-state index contributed by atoms with van der Waals surface area (Å²) in [7, 11) is 1.84. The zero-order chi connectivity index (χ0) is 14.0. The summed E-state index contributed by atoms with van der Waals surface area (Å²) in [4.78, 5) is 12.0. The highest BCUT2D eigenvalue weighted by Gasteiger charge is 2.10. The first-order valence-electron chi connectivity index (χ1n) is 5.91. The molecule has 0 atom stereocenters. The Morgan fingerprint density at radius 2 is 1.95 bits per heavy atom. The molecule has 0 N–H and O–H groups in total. The van der Waals surface area contributed by atoms with Gasteiger partial charge in [0.25, 0.3) is 0 Å². The van der Waals surface area contributed by atoms with Crippen molar-refractivity contribution in [2.45, 2.75) is 19.8 Å². The molecule has 2 rings (SSSR count). The van der Waals surface area contributed by atoms with Gasteiger partial charge in [0.05, 0.1) is 15.7 Å². The van der Waals surface area contributed by atoms with Gasteiger partial charge in [0.15, 0.2) is 0 Å². The van der Waals surface area contributed by atoms with Crippen LogP contribution in [-0.2, 0) is 24.7 Å². The average Bonchev–Trinajstić information content (AvgIpc) is 2.62. The predicted octanol–water partition coefficient (Wildman–Crippen LogP) is 3.39. The third-order valence-electron chi connectivity index (χ3n) is 2.86. The lowest BCUT2D eigenvalue weighted by atomic mass is 10.1. The van der Waals surface area contributed by atoms with E-state index in [1.807, 2.05) is 26.1 Å². The molecule has 0 aliphatic carbocycles. The molecule has 1 aromatic carbocycles. The highest BCUT2D eigenvalue weighted by molar-refractivity contribution is 6.42. The second-order valence-corrected chi connectivity index (χ2v) is 5.36. The van der Waals surface area contributed by atoms with E-state index in [9.17, 15) is 4.79 Å². The number of rotatable bonds is 4. The molecule has 0 fully saturated rings. The highest BCUT2D eigenvalue weighted by Crippen LogP contribution is 2.23. The van der Waals surface area contributed by atoms with Crippen LogP contribution in [0.3, 0.4) is 0 Å². The number of halogens is 2. The molecule has 19 heavy (non-hydrogen) atoms. The van der Waals surface area contributed by atoms with Crippen molar-refractivity contribution in [1.82, 2.24) is 9.78 Å². The summed E-state index contributed by atoms with van der Waals surface area (Å²) in [5, 5.41) is 5.20. The Morgan fingerprint density at radius 1 is 1.21 bits per heavy atom. The Morgan fingerprint density at radius 3 is 2.53 bits per heavy atom. The maximum absolute atomic E-state index is 12.0. The molecular formula is C14H14Cl2N2O. The van der Waals surface area contributed by atoms with Gasteiger partial charge in [0, 0.05) is 25.6 Å². The van der Waals surface area contributed by atoms with Gasteiger partial charge in [-0.2, -0.15) is 5.10 Å². The van der Waals surface area contributed by atoms with Gasteiger partial charge >= 0.3 is 0 Å². The topological polar surface area (TPSA) is 34.9 Å². The Labute approximate surface area is 122 Å². The van der Waals surface area contributed by atoms with E-state index in [0.29, 0.717) is 22.9 Å². The summed E-state index contributed by atoms with van der Waals surface area (Å²) in [6, 6.07) is 7.18. The van der Waals surface area contributed by atoms with Crippen LogP contribution in [0.15, 0.2) is 24.3 Å². The van der Waals surface area contributed by atoms with Crippen LogP contribution < -0.4 is 0 Å². The molecule has 0 aliphatic heterocycles. The third-order valence-corrected chi connectivity index (χ3v) is 3.60. The first kappa shape index (κ1) is 14.1. The van der Waals surface area contributed by atoms with Crippen molar-refractivity contribution in [2.24, 2.45) is 7.05 Å². The Balaban J connectivity index is 2.05. The van der Waals surface area contributed by atoms with Crippen molar-refractivity contribution in [3.63, 3.8) is 0 Å².